The zero-order chi connectivity index (χ0) is 12.4. The summed E-state index contributed by atoms with van der Waals surface area (Å²) in [5.41, 5.74) is 0. The van der Waals surface area contributed by atoms with E-state index in [9.17, 15) is 0 Å². The third-order valence-electron chi connectivity index (χ3n) is 3.04. The molecule has 0 bridgehead atoms. The van der Waals surface area contributed by atoms with Gasteiger partial charge >= 0.3 is 0 Å². The standard InChI is InChI=1S/C13H17N3S2/c1-2-10-5-6-11(17-10)13-16-15-12(18-13)7-8-14-9-3-4-9/h5-6,9,14H,2-4,7-8H2,1H3. The molecule has 2 aromatic rings. The van der Waals surface area contributed by atoms with E-state index in [4.69, 9.17) is 0 Å². The van der Waals surface area contributed by atoms with Crippen molar-refractivity contribution in [3.05, 3.63) is 22.0 Å². The molecule has 0 unspecified atom stereocenters. The normalized spacial score (nSPS) is 15.2. The molecule has 5 heteroatoms. The fourth-order valence-electron chi connectivity index (χ4n) is 1.81. The lowest BCUT2D eigenvalue weighted by molar-refractivity contribution is 0.677. The Morgan fingerprint density at radius 3 is 2.89 bits per heavy atom. The Morgan fingerprint density at radius 1 is 1.28 bits per heavy atom. The SMILES string of the molecule is CCc1ccc(-c2nnc(CCNC3CC3)s2)s1. The van der Waals surface area contributed by atoms with E-state index in [0.717, 1.165) is 35.4 Å². The molecule has 1 aliphatic carbocycles. The lowest BCUT2D eigenvalue weighted by atomic mass is 10.4. The Bertz CT molecular complexity index is 514. The first-order valence-corrected chi connectivity index (χ1v) is 8.13. The average Bonchev–Trinajstić information content (AvgIpc) is 2.92. The van der Waals surface area contributed by atoms with Crippen molar-refractivity contribution in [3.63, 3.8) is 0 Å². The maximum atomic E-state index is 4.30. The van der Waals surface area contributed by atoms with E-state index in [1.165, 1.54) is 22.6 Å². The van der Waals surface area contributed by atoms with Gasteiger partial charge in [0.1, 0.15) is 5.01 Å². The predicted octanol–water partition coefficient (Wildman–Crippen LogP) is 3.12. The van der Waals surface area contributed by atoms with Gasteiger partial charge in [0.2, 0.25) is 0 Å². The molecule has 3 nitrogen and oxygen atoms in total. The van der Waals surface area contributed by atoms with Crippen molar-refractivity contribution in [3.8, 4) is 9.88 Å². The van der Waals surface area contributed by atoms with Crippen LogP contribution in [0.25, 0.3) is 9.88 Å². The Kier molecular flexibility index (Phi) is 3.72. The highest BCUT2D eigenvalue weighted by Gasteiger charge is 2.20. The molecule has 1 fully saturated rings. The van der Waals surface area contributed by atoms with E-state index in [1.807, 2.05) is 11.3 Å². The number of hydrogen-bond donors (Lipinski definition) is 1. The van der Waals surface area contributed by atoms with Gasteiger partial charge < -0.3 is 5.32 Å². The summed E-state index contributed by atoms with van der Waals surface area (Å²) in [4.78, 5) is 2.67. The quantitative estimate of drug-likeness (QED) is 0.883. The van der Waals surface area contributed by atoms with Crippen molar-refractivity contribution in [1.29, 1.82) is 0 Å². The van der Waals surface area contributed by atoms with Crippen LogP contribution in [-0.4, -0.2) is 22.8 Å². The van der Waals surface area contributed by atoms with Crippen LogP contribution in [0.15, 0.2) is 12.1 Å². The van der Waals surface area contributed by atoms with Gasteiger partial charge in [0.05, 0.1) is 4.88 Å². The highest BCUT2D eigenvalue weighted by Crippen LogP contribution is 2.30. The Hall–Kier alpha value is -0.780. The van der Waals surface area contributed by atoms with Crippen LogP contribution >= 0.6 is 22.7 Å². The third-order valence-corrected chi connectivity index (χ3v) is 5.42. The molecular formula is C13H17N3S2. The molecule has 0 aliphatic heterocycles. The van der Waals surface area contributed by atoms with Crippen LogP contribution < -0.4 is 5.32 Å². The number of rotatable bonds is 6. The summed E-state index contributed by atoms with van der Waals surface area (Å²) in [6.07, 6.45) is 4.79. The van der Waals surface area contributed by atoms with Crippen molar-refractivity contribution >= 4 is 22.7 Å². The first-order chi connectivity index (χ1) is 8.85. The summed E-state index contributed by atoms with van der Waals surface area (Å²) >= 11 is 3.56. The van der Waals surface area contributed by atoms with E-state index >= 15 is 0 Å². The number of nitrogens with one attached hydrogen (secondary N) is 1. The highest BCUT2D eigenvalue weighted by atomic mass is 32.1. The summed E-state index contributed by atoms with van der Waals surface area (Å²) in [6.45, 7) is 3.22. The van der Waals surface area contributed by atoms with Gasteiger partial charge in [-0.1, -0.05) is 18.3 Å². The first-order valence-electron chi connectivity index (χ1n) is 6.50. The number of nitrogens with zero attached hydrogens (tertiary/aromatic N) is 2. The van der Waals surface area contributed by atoms with E-state index < -0.39 is 0 Å². The summed E-state index contributed by atoms with van der Waals surface area (Å²) in [5, 5.41) is 14.3. The summed E-state index contributed by atoms with van der Waals surface area (Å²) < 4.78 is 0. The van der Waals surface area contributed by atoms with E-state index in [0.29, 0.717) is 0 Å². The molecular weight excluding hydrogens is 262 g/mol. The molecule has 0 saturated heterocycles. The zero-order valence-corrected chi connectivity index (χ0v) is 12.1. The molecule has 0 atom stereocenters. The molecule has 1 saturated carbocycles. The topological polar surface area (TPSA) is 37.8 Å². The second-order valence-corrected chi connectivity index (χ2v) is 6.83. The van der Waals surface area contributed by atoms with Crippen molar-refractivity contribution in [1.82, 2.24) is 15.5 Å². The molecule has 0 aromatic carbocycles. The largest absolute Gasteiger partial charge is 0.314 e. The summed E-state index contributed by atoms with van der Waals surface area (Å²) in [7, 11) is 0. The number of aryl methyl sites for hydroxylation is 1. The van der Waals surface area contributed by atoms with Gasteiger partial charge in [-0.25, -0.2) is 0 Å². The minimum atomic E-state index is 0.779. The third kappa shape index (κ3) is 2.96. The Balaban J connectivity index is 1.60. The fourth-order valence-corrected chi connectivity index (χ4v) is 3.64. The monoisotopic (exact) mass is 279 g/mol. The number of thiophene rings is 1. The Labute approximate surface area is 115 Å². The smallest absolute Gasteiger partial charge is 0.157 e. The maximum absolute atomic E-state index is 4.30. The van der Waals surface area contributed by atoms with Gasteiger partial charge in [-0.3, -0.25) is 0 Å². The van der Waals surface area contributed by atoms with Gasteiger partial charge in [-0.15, -0.1) is 21.5 Å². The fraction of sp³-hybridized carbons (Fsp3) is 0.538. The van der Waals surface area contributed by atoms with Crippen LogP contribution in [0.2, 0.25) is 0 Å². The highest BCUT2D eigenvalue weighted by molar-refractivity contribution is 7.21. The lowest BCUT2D eigenvalue weighted by Crippen LogP contribution is -2.19. The maximum Gasteiger partial charge on any atom is 0.157 e. The molecule has 0 spiro atoms. The van der Waals surface area contributed by atoms with E-state index in [2.05, 4.69) is 34.6 Å². The molecule has 96 valence electrons. The molecule has 2 heterocycles. The summed E-state index contributed by atoms with van der Waals surface area (Å²) in [5.74, 6) is 0. The second kappa shape index (κ2) is 5.47. The molecule has 0 amide bonds. The minimum absolute atomic E-state index is 0.779. The van der Waals surface area contributed by atoms with Gasteiger partial charge in [0, 0.05) is 23.9 Å². The molecule has 18 heavy (non-hydrogen) atoms. The van der Waals surface area contributed by atoms with Crippen LogP contribution in [0, 0.1) is 0 Å². The van der Waals surface area contributed by atoms with Crippen LogP contribution in [0.5, 0.6) is 0 Å². The Morgan fingerprint density at radius 2 is 2.17 bits per heavy atom. The van der Waals surface area contributed by atoms with Crippen molar-refractivity contribution < 1.29 is 0 Å². The lowest BCUT2D eigenvalue weighted by Gasteiger charge is -1.97. The van der Waals surface area contributed by atoms with Crippen molar-refractivity contribution in [2.75, 3.05) is 6.54 Å². The van der Waals surface area contributed by atoms with Crippen molar-refractivity contribution in [2.45, 2.75) is 38.6 Å². The average molecular weight is 279 g/mol. The van der Waals surface area contributed by atoms with Gasteiger partial charge in [-0.05, 0) is 31.4 Å². The second-order valence-electron chi connectivity index (χ2n) is 4.60. The number of aromatic nitrogens is 2. The first kappa shape index (κ1) is 12.3. The zero-order valence-electron chi connectivity index (χ0n) is 10.5. The molecule has 1 aliphatic rings. The van der Waals surface area contributed by atoms with Crippen LogP contribution in [-0.2, 0) is 12.8 Å². The van der Waals surface area contributed by atoms with Gasteiger partial charge in [0.25, 0.3) is 0 Å². The molecule has 1 N–H and O–H groups in total. The van der Waals surface area contributed by atoms with Crippen LogP contribution in [0.1, 0.15) is 29.7 Å². The van der Waals surface area contributed by atoms with Crippen molar-refractivity contribution in [2.24, 2.45) is 0 Å². The molecule has 2 aromatic heterocycles. The molecule has 3 rings (SSSR count). The summed E-state index contributed by atoms with van der Waals surface area (Å²) in [6, 6.07) is 5.13. The van der Waals surface area contributed by atoms with E-state index in [1.54, 1.807) is 11.3 Å². The number of hydrogen-bond acceptors (Lipinski definition) is 5. The minimum Gasteiger partial charge on any atom is -0.314 e. The predicted molar refractivity (Wildman–Crippen MR) is 77.3 cm³/mol. The van der Waals surface area contributed by atoms with Crippen LogP contribution in [0.3, 0.4) is 0 Å². The van der Waals surface area contributed by atoms with Gasteiger partial charge in [-0.2, -0.15) is 0 Å². The molecule has 0 radical (unpaired) electrons. The van der Waals surface area contributed by atoms with Gasteiger partial charge in [0.15, 0.2) is 5.01 Å². The van der Waals surface area contributed by atoms with E-state index in [-0.39, 0.29) is 0 Å². The van der Waals surface area contributed by atoms with Crippen LogP contribution in [0.4, 0.5) is 0 Å².